The highest BCUT2D eigenvalue weighted by atomic mass is 16.4. The van der Waals surface area contributed by atoms with Gasteiger partial charge in [-0.3, -0.25) is 9.59 Å². The minimum absolute atomic E-state index is 0.0191. The average Bonchev–Trinajstić information content (AvgIpc) is 2.52. The van der Waals surface area contributed by atoms with Crippen LogP contribution in [0, 0.1) is 5.92 Å². The number of fused-ring (bicyclic) bond motifs is 1. The van der Waals surface area contributed by atoms with Crippen LogP contribution in [0.2, 0.25) is 0 Å². The van der Waals surface area contributed by atoms with E-state index in [0.29, 0.717) is 5.57 Å². The van der Waals surface area contributed by atoms with Crippen molar-refractivity contribution >= 4 is 11.8 Å². The Balaban J connectivity index is 2.86. The molecule has 0 radical (unpaired) electrons. The summed E-state index contributed by atoms with van der Waals surface area (Å²) in [5, 5.41) is 41.0. The zero-order chi connectivity index (χ0) is 20.0. The summed E-state index contributed by atoms with van der Waals surface area (Å²) in [4.78, 5) is 23.9. The number of hydrogen-bond acceptors (Lipinski definition) is 5. The van der Waals surface area contributed by atoms with Gasteiger partial charge in [0.25, 0.3) is 0 Å². The standard InChI is InChI=1S/C20H26O6/c1-9(2)11-8-12(21)15-16(20(11,5)7-6-13(22)23)19(26)18(25)14(10(3)4)17(15)24/h10-11,24-26H,1,6-8H2,2-5H3,(H,22,23)/t11-,20+/m0/s1. The second-order valence-electron chi connectivity index (χ2n) is 7.70. The molecule has 0 saturated carbocycles. The first kappa shape index (κ1) is 19.8. The first-order valence-corrected chi connectivity index (χ1v) is 8.65. The van der Waals surface area contributed by atoms with Gasteiger partial charge in [-0.05, 0) is 25.2 Å². The molecule has 0 bridgehead atoms. The molecule has 0 aliphatic heterocycles. The molecule has 0 aromatic heterocycles. The monoisotopic (exact) mass is 362 g/mol. The van der Waals surface area contributed by atoms with Crippen LogP contribution in [0.1, 0.15) is 74.4 Å². The van der Waals surface area contributed by atoms with Gasteiger partial charge >= 0.3 is 5.97 Å². The molecule has 0 amide bonds. The largest absolute Gasteiger partial charge is 0.507 e. The fraction of sp³-hybridized carbons (Fsp3) is 0.500. The number of rotatable bonds is 5. The van der Waals surface area contributed by atoms with Gasteiger partial charge in [-0.1, -0.05) is 32.9 Å². The number of aliphatic carboxylic acids is 1. The lowest BCUT2D eigenvalue weighted by Gasteiger charge is -2.43. The van der Waals surface area contributed by atoms with Crippen LogP contribution in [0.3, 0.4) is 0 Å². The number of ketones is 1. The van der Waals surface area contributed by atoms with E-state index in [1.54, 1.807) is 27.7 Å². The summed E-state index contributed by atoms with van der Waals surface area (Å²) in [6.45, 7) is 10.9. The molecular formula is C20H26O6. The van der Waals surface area contributed by atoms with E-state index in [2.05, 4.69) is 6.58 Å². The lowest BCUT2D eigenvalue weighted by atomic mass is 9.59. The van der Waals surface area contributed by atoms with E-state index in [4.69, 9.17) is 5.11 Å². The number of benzene rings is 1. The van der Waals surface area contributed by atoms with Crippen LogP contribution in [0.15, 0.2) is 12.2 Å². The number of phenolic OH excluding ortho intramolecular Hbond substituents is 3. The van der Waals surface area contributed by atoms with Crippen molar-refractivity contribution in [2.24, 2.45) is 5.92 Å². The highest BCUT2D eigenvalue weighted by Crippen LogP contribution is 2.57. The fourth-order valence-corrected chi connectivity index (χ4v) is 4.17. The second-order valence-corrected chi connectivity index (χ2v) is 7.70. The van der Waals surface area contributed by atoms with Crippen molar-refractivity contribution in [3.8, 4) is 17.2 Å². The number of carbonyl (C=O) groups is 2. The molecule has 0 fully saturated rings. The van der Waals surface area contributed by atoms with E-state index in [1.807, 2.05) is 0 Å². The molecule has 142 valence electrons. The molecule has 26 heavy (non-hydrogen) atoms. The second kappa shape index (κ2) is 6.67. The number of hydrogen-bond donors (Lipinski definition) is 4. The van der Waals surface area contributed by atoms with Crippen molar-refractivity contribution in [2.45, 2.75) is 58.3 Å². The van der Waals surface area contributed by atoms with Crippen molar-refractivity contribution in [1.82, 2.24) is 0 Å². The molecule has 0 unspecified atom stereocenters. The number of allylic oxidation sites excluding steroid dienone is 1. The molecule has 2 rings (SSSR count). The van der Waals surface area contributed by atoms with Gasteiger partial charge in [-0.15, -0.1) is 0 Å². The van der Waals surface area contributed by atoms with E-state index in [-0.39, 0.29) is 53.4 Å². The Morgan fingerprint density at radius 3 is 2.27 bits per heavy atom. The van der Waals surface area contributed by atoms with E-state index >= 15 is 0 Å². The van der Waals surface area contributed by atoms with Crippen molar-refractivity contribution in [2.75, 3.05) is 0 Å². The average molecular weight is 362 g/mol. The Morgan fingerprint density at radius 2 is 1.81 bits per heavy atom. The van der Waals surface area contributed by atoms with Crippen molar-refractivity contribution in [1.29, 1.82) is 0 Å². The van der Waals surface area contributed by atoms with Crippen LogP contribution >= 0.6 is 0 Å². The maximum absolute atomic E-state index is 12.8. The predicted octanol–water partition coefficient (Wildman–Crippen LogP) is 3.83. The van der Waals surface area contributed by atoms with Crippen LogP contribution in [0.4, 0.5) is 0 Å². The zero-order valence-corrected chi connectivity index (χ0v) is 15.6. The molecular weight excluding hydrogens is 336 g/mol. The number of carboxylic acid groups (broad SMARTS) is 1. The van der Waals surface area contributed by atoms with Gasteiger partial charge in [-0.2, -0.15) is 0 Å². The SMILES string of the molecule is C=C(C)[C@@H]1CC(=O)c2c(O)c(C(C)C)c(O)c(O)c2[C@]1(C)CCC(=O)O. The summed E-state index contributed by atoms with van der Waals surface area (Å²) in [6.07, 6.45) is 0.0160. The number of phenols is 3. The summed E-state index contributed by atoms with van der Waals surface area (Å²) in [5.74, 6) is -3.34. The number of carboxylic acids is 1. The Bertz CT molecular complexity index is 792. The highest BCUT2D eigenvalue weighted by Gasteiger charge is 2.48. The molecule has 6 heteroatoms. The quantitative estimate of drug-likeness (QED) is 0.359. The molecule has 1 aliphatic carbocycles. The first-order valence-electron chi connectivity index (χ1n) is 8.65. The molecule has 4 N–H and O–H groups in total. The van der Waals surface area contributed by atoms with Gasteiger partial charge in [-0.25, -0.2) is 0 Å². The van der Waals surface area contributed by atoms with Gasteiger partial charge in [0.1, 0.15) is 5.75 Å². The third-order valence-corrected chi connectivity index (χ3v) is 5.50. The third-order valence-electron chi connectivity index (χ3n) is 5.50. The zero-order valence-electron chi connectivity index (χ0n) is 15.6. The minimum Gasteiger partial charge on any atom is -0.507 e. The fourth-order valence-electron chi connectivity index (χ4n) is 4.17. The Kier molecular flexibility index (Phi) is 5.08. The van der Waals surface area contributed by atoms with E-state index < -0.39 is 28.8 Å². The number of carbonyl (C=O) groups excluding carboxylic acids is 1. The Labute approximate surface area is 152 Å². The van der Waals surface area contributed by atoms with Gasteiger partial charge in [0.15, 0.2) is 17.3 Å². The highest BCUT2D eigenvalue weighted by molar-refractivity contribution is 6.04. The normalized spacial score (nSPS) is 22.3. The minimum atomic E-state index is -1.00. The van der Waals surface area contributed by atoms with Gasteiger partial charge in [0.05, 0.1) is 5.56 Å². The Morgan fingerprint density at radius 1 is 1.23 bits per heavy atom. The summed E-state index contributed by atoms with van der Waals surface area (Å²) in [5.41, 5.74) is -0.0638. The van der Waals surface area contributed by atoms with Gasteiger partial charge in [0.2, 0.25) is 0 Å². The Hall–Kier alpha value is -2.50. The van der Waals surface area contributed by atoms with Crippen LogP contribution in [0.25, 0.3) is 0 Å². The van der Waals surface area contributed by atoms with Crippen molar-refractivity contribution in [3.63, 3.8) is 0 Å². The summed E-state index contributed by atoms with van der Waals surface area (Å²) >= 11 is 0. The summed E-state index contributed by atoms with van der Waals surface area (Å²) in [7, 11) is 0. The number of Topliss-reactive ketones (excluding diaryl/α,β-unsaturated/α-hetero) is 1. The molecule has 2 atom stereocenters. The molecule has 1 aromatic carbocycles. The summed E-state index contributed by atoms with van der Waals surface area (Å²) < 4.78 is 0. The van der Waals surface area contributed by atoms with Gasteiger partial charge < -0.3 is 20.4 Å². The van der Waals surface area contributed by atoms with Crippen LogP contribution in [0.5, 0.6) is 17.2 Å². The van der Waals surface area contributed by atoms with Crippen molar-refractivity contribution in [3.05, 3.63) is 28.8 Å². The molecule has 1 aromatic rings. The molecule has 1 aliphatic rings. The van der Waals surface area contributed by atoms with Crippen LogP contribution in [-0.2, 0) is 10.2 Å². The van der Waals surface area contributed by atoms with Crippen LogP contribution < -0.4 is 0 Å². The maximum Gasteiger partial charge on any atom is 0.303 e. The summed E-state index contributed by atoms with van der Waals surface area (Å²) in [6, 6.07) is 0. The molecule has 0 spiro atoms. The molecule has 0 heterocycles. The lowest BCUT2D eigenvalue weighted by molar-refractivity contribution is -0.137. The van der Waals surface area contributed by atoms with Crippen molar-refractivity contribution < 1.29 is 30.0 Å². The first-order chi connectivity index (χ1) is 11.9. The third kappa shape index (κ3) is 2.93. The molecule has 0 saturated heterocycles. The van der Waals surface area contributed by atoms with E-state index in [1.165, 1.54) is 0 Å². The predicted molar refractivity (Wildman–Crippen MR) is 97.0 cm³/mol. The van der Waals surface area contributed by atoms with Gasteiger partial charge in [0, 0.05) is 29.4 Å². The lowest BCUT2D eigenvalue weighted by Crippen LogP contribution is -2.40. The number of aromatic hydroxyl groups is 3. The smallest absolute Gasteiger partial charge is 0.303 e. The van der Waals surface area contributed by atoms with E-state index in [9.17, 15) is 24.9 Å². The van der Waals surface area contributed by atoms with E-state index in [0.717, 1.165) is 0 Å². The topological polar surface area (TPSA) is 115 Å². The van der Waals surface area contributed by atoms with Crippen LogP contribution in [-0.4, -0.2) is 32.2 Å². The molecule has 6 nitrogen and oxygen atoms in total. The maximum atomic E-state index is 12.8.